The van der Waals surface area contributed by atoms with Crippen molar-refractivity contribution in [3.8, 4) is 0 Å². The van der Waals surface area contributed by atoms with Crippen molar-refractivity contribution in [2.24, 2.45) is 0 Å². The van der Waals surface area contributed by atoms with Gasteiger partial charge >= 0.3 is 0 Å². The minimum absolute atomic E-state index is 0.0134. The van der Waals surface area contributed by atoms with Gasteiger partial charge in [-0.25, -0.2) is 0 Å². The summed E-state index contributed by atoms with van der Waals surface area (Å²) in [6.45, 7) is 7.03. The van der Waals surface area contributed by atoms with Crippen LogP contribution < -0.4 is 4.90 Å². The Morgan fingerprint density at radius 3 is 2.71 bits per heavy atom. The molecule has 2 heterocycles. The van der Waals surface area contributed by atoms with Crippen molar-refractivity contribution in [2.45, 2.75) is 19.8 Å². The molecule has 2 rings (SSSR count). The molecule has 1 fully saturated rings. The minimum atomic E-state index is 0.0134. The Morgan fingerprint density at radius 1 is 1.33 bits per heavy atom. The molecular formula is C16H26N4O. The number of carbonyl (C=O) groups excluding carboxylic acids is 1. The Labute approximate surface area is 127 Å². The maximum Gasteiger partial charge on any atom is 0.272 e. The van der Waals surface area contributed by atoms with E-state index in [9.17, 15) is 4.79 Å². The van der Waals surface area contributed by atoms with E-state index < -0.39 is 0 Å². The molecule has 0 atom stereocenters. The summed E-state index contributed by atoms with van der Waals surface area (Å²) in [5, 5.41) is 0. The fourth-order valence-corrected chi connectivity index (χ4v) is 2.49. The first kappa shape index (κ1) is 15.8. The van der Waals surface area contributed by atoms with Gasteiger partial charge in [-0.3, -0.25) is 9.78 Å². The number of nitrogens with zero attached hydrogens (tertiary/aromatic N) is 4. The van der Waals surface area contributed by atoms with Crippen molar-refractivity contribution in [2.75, 3.05) is 51.7 Å². The molecule has 0 aliphatic carbocycles. The van der Waals surface area contributed by atoms with Crippen LogP contribution in [0.15, 0.2) is 18.3 Å². The summed E-state index contributed by atoms with van der Waals surface area (Å²) in [5.74, 6) is 0.0134. The average molecular weight is 290 g/mol. The van der Waals surface area contributed by atoms with Crippen LogP contribution in [-0.2, 0) is 0 Å². The lowest BCUT2D eigenvalue weighted by molar-refractivity contribution is 0.0787. The summed E-state index contributed by atoms with van der Waals surface area (Å²) in [7, 11) is 3.99. The molecule has 0 aromatic carbocycles. The SMILES string of the molecule is CCCCN(C)C(=O)c1cc(N2CCN(C)CC2)ccn1. The molecule has 21 heavy (non-hydrogen) atoms. The predicted octanol–water partition coefficient (Wildman–Crippen LogP) is 1.71. The molecule has 1 amide bonds. The molecule has 0 unspecified atom stereocenters. The summed E-state index contributed by atoms with van der Waals surface area (Å²) in [6, 6.07) is 3.92. The number of likely N-dealkylation sites (N-methyl/N-ethyl adjacent to an activating group) is 1. The van der Waals surface area contributed by atoms with Gasteiger partial charge in [0.15, 0.2) is 0 Å². The molecule has 1 saturated heterocycles. The van der Waals surface area contributed by atoms with Crippen LogP contribution in [0.3, 0.4) is 0 Å². The summed E-state index contributed by atoms with van der Waals surface area (Å²) in [5.41, 5.74) is 1.65. The van der Waals surface area contributed by atoms with Crippen molar-refractivity contribution < 1.29 is 4.79 Å². The molecule has 0 spiro atoms. The number of pyridine rings is 1. The Bertz CT molecular complexity index is 469. The number of hydrogen-bond donors (Lipinski definition) is 0. The largest absolute Gasteiger partial charge is 0.369 e. The monoisotopic (exact) mass is 290 g/mol. The lowest BCUT2D eigenvalue weighted by Gasteiger charge is -2.34. The van der Waals surface area contributed by atoms with E-state index in [1.165, 1.54) is 0 Å². The van der Waals surface area contributed by atoms with Crippen molar-refractivity contribution in [1.29, 1.82) is 0 Å². The van der Waals surface area contributed by atoms with Gasteiger partial charge < -0.3 is 14.7 Å². The third-order valence-electron chi connectivity index (χ3n) is 4.02. The molecular weight excluding hydrogens is 264 g/mol. The Hall–Kier alpha value is -1.62. The average Bonchev–Trinajstić information content (AvgIpc) is 2.52. The number of amides is 1. The topological polar surface area (TPSA) is 39.7 Å². The second kappa shape index (κ2) is 7.41. The zero-order chi connectivity index (χ0) is 15.2. The molecule has 0 N–H and O–H groups in total. The van der Waals surface area contributed by atoms with Crippen LogP contribution in [0.4, 0.5) is 5.69 Å². The van der Waals surface area contributed by atoms with Crippen molar-refractivity contribution in [3.63, 3.8) is 0 Å². The zero-order valence-corrected chi connectivity index (χ0v) is 13.4. The second-order valence-electron chi connectivity index (χ2n) is 5.77. The minimum Gasteiger partial charge on any atom is -0.369 e. The van der Waals surface area contributed by atoms with Crippen molar-refractivity contribution in [3.05, 3.63) is 24.0 Å². The number of unbranched alkanes of at least 4 members (excludes halogenated alkanes) is 1. The standard InChI is InChI=1S/C16H26N4O/c1-4-5-8-19(3)16(21)15-13-14(6-7-17-15)20-11-9-18(2)10-12-20/h6-7,13H,4-5,8-12H2,1-3H3. The number of hydrogen-bond acceptors (Lipinski definition) is 4. The molecule has 0 saturated carbocycles. The van der Waals surface area contributed by atoms with Gasteiger partial charge in [0.05, 0.1) is 0 Å². The molecule has 1 aromatic heterocycles. The van der Waals surface area contributed by atoms with Gasteiger partial charge in [0.2, 0.25) is 0 Å². The predicted molar refractivity (Wildman–Crippen MR) is 85.8 cm³/mol. The van der Waals surface area contributed by atoms with Gasteiger partial charge in [0.25, 0.3) is 5.91 Å². The van der Waals surface area contributed by atoms with Crippen LogP contribution in [0.2, 0.25) is 0 Å². The normalized spacial score (nSPS) is 16.0. The van der Waals surface area contributed by atoms with Crippen LogP contribution in [0.25, 0.3) is 0 Å². The number of piperazine rings is 1. The lowest BCUT2D eigenvalue weighted by Crippen LogP contribution is -2.44. The molecule has 5 nitrogen and oxygen atoms in total. The fourth-order valence-electron chi connectivity index (χ4n) is 2.49. The van der Waals surface area contributed by atoms with Crippen LogP contribution in [0.5, 0.6) is 0 Å². The van der Waals surface area contributed by atoms with E-state index in [2.05, 4.69) is 28.8 Å². The maximum absolute atomic E-state index is 12.4. The van der Waals surface area contributed by atoms with Gasteiger partial charge in [0.1, 0.15) is 5.69 Å². The molecule has 1 aliphatic heterocycles. The molecule has 0 bridgehead atoms. The van der Waals surface area contributed by atoms with Gasteiger partial charge in [-0.05, 0) is 25.6 Å². The van der Waals surface area contributed by atoms with E-state index >= 15 is 0 Å². The maximum atomic E-state index is 12.4. The van der Waals surface area contributed by atoms with E-state index in [1.807, 2.05) is 19.2 Å². The first-order valence-corrected chi connectivity index (χ1v) is 7.77. The first-order chi connectivity index (χ1) is 10.1. The molecule has 1 aliphatic rings. The zero-order valence-electron chi connectivity index (χ0n) is 13.4. The smallest absolute Gasteiger partial charge is 0.272 e. The summed E-state index contributed by atoms with van der Waals surface area (Å²) >= 11 is 0. The third-order valence-corrected chi connectivity index (χ3v) is 4.02. The Kier molecular flexibility index (Phi) is 5.56. The Morgan fingerprint density at radius 2 is 2.05 bits per heavy atom. The van der Waals surface area contributed by atoms with Crippen LogP contribution in [0, 0.1) is 0 Å². The van der Waals surface area contributed by atoms with Crippen molar-refractivity contribution >= 4 is 11.6 Å². The highest BCUT2D eigenvalue weighted by Crippen LogP contribution is 2.17. The van der Waals surface area contributed by atoms with Crippen LogP contribution in [-0.4, -0.2) is 67.5 Å². The quantitative estimate of drug-likeness (QED) is 0.827. The summed E-state index contributed by atoms with van der Waals surface area (Å²) in [6.07, 6.45) is 3.86. The van der Waals surface area contributed by atoms with Gasteiger partial charge in [-0.1, -0.05) is 13.3 Å². The van der Waals surface area contributed by atoms with E-state index in [4.69, 9.17) is 0 Å². The van der Waals surface area contributed by atoms with Gasteiger partial charge in [-0.15, -0.1) is 0 Å². The van der Waals surface area contributed by atoms with Gasteiger partial charge in [-0.2, -0.15) is 0 Å². The molecule has 0 radical (unpaired) electrons. The van der Waals surface area contributed by atoms with E-state index in [0.717, 1.165) is 51.3 Å². The highest BCUT2D eigenvalue weighted by atomic mass is 16.2. The first-order valence-electron chi connectivity index (χ1n) is 7.77. The highest BCUT2D eigenvalue weighted by molar-refractivity contribution is 5.93. The summed E-state index contributed by atoms with van der Waals surface area (Å²) < 4.78 is 0. The number of aromatic nitrogens is 1. The molecule has 116 valence electrons. The molecule has 5 heteroatoms. The summed E-state index contributed by atoms with van der Waals surface area (Å²) in [4.78, 5) is 23.0. The van der Waals surface area contributed by atoms with E-state index in [1.54, 1.807) is 11.1 Å². The van der Waals surface area contributed by atoms with E-state index in [0.29, 0.717) is 5.69 Å². The number of anilines is 1. The van der Waals surface area contributed by atoms with Crippen molar-refractivity contribution in [1.82, 2.24) is 14.8 Å². The van der Waals surface area contributed by atoms with Gasteiger partial charge in [0, 0.05) is 51.7 Å². The van der Waals surface area contributed by atoms with E-state index in [-0.39, 0.29) is 5.91 Å². The number of carbonyl (C=O) groups is 1. The fraction of sp³-hybridized carbons (Fsp3) is 0.625. The highest BCUT2D eigenvalue weighted by Gasteiger charge is 2.17. The number of rotatable bonds is 5. The lowest BCUT2D eigenvalue weighted by atomic mass is 10.2. The third kappa shape index (κ3) is 4.17. The molecule has 1 aromatic rings. The van der Waals surface area contributed by atoms with Crippen LogP contribution in [0.1, 0.15) is 30.3 Å². The van der Waals surface area contributed by atoms with Crippen LogP contribution >= 0.6 is 0 Å². The Balaban J connectivity index is 2.05. The second-order valence-corrected chi connectivity index (χ2v) is 5.77.